The van der Waals surface area contributed by atoms with Crippen molar-refractivity contribution in [2.24, 2.45) is 11.8 Å². The van der Waals surface area contributed by atoms with Crippen LogP contribution in [-0.4, -0.2) is 41.6 Å². The van der Waals surface area contributed by atoms with Crippen LogP contribution < -0.4 is 5.32 Å². The standard InChI is InChI=1S/C13H22N2O3/c16-12(17)8-11-2-1-7-15(9-11)13(18)14-6-5-10-3-4-10/h10-11H,1-9H2,(H,14,18)(H,16,17). The molecule has 0 radical (unpaired) electrons. The average Bonchev–Trinajstić information content (AvgIpc) is 3.12. The van der Waals surface area contributed by atoms with E-state index in [9.17, 15) is 9.59 Å². The van der Waals surface area contributed by atoms with Crippen LogP contribution in [-0.2, 0) is 4.79 Å². The van der Waals surface area contributed by atoms with Crippen molar-refractivity contribution in [3.63, 3.8) is 0 Å². The first-order valence-corrected chi connectivity index (χ1v) is 6.89. The molecule has 2 fully saturated rings. The van der Waals surface area contributed by atoms with Crippen LogP contribution in [0.1, 0.15) is 38.5 Å². The number of likely N-dealkylation sites (tertiary alicyclic amines) is 1. The molecule has 0 spiro atoms. The zero-order valence-corrected chi connectivity index (χ0v) is 10.7. The van der Waals surface area contributed by atoms with Gasteiger partial charge in [-0.15, -0.1) is 0 Å². The number of hydrogen-bond donors (Lipinski definition) is 2. The van der Waals surface area contributed by atoms with E-state index in [2.05, 4.69) is 5.32 Å². The van der Waals surface area contributed by atoms with E-state index in [0.29, 0.717) is 6.54 Å². The number of carbonyl (C=O) groups is 2. The Morgan fingerprint density at radius 3 is 2.67 bits per heavy atom. The normalized spacial score (nSPS) is 23.8. The minimum absolute atomic E-state index is 0.0225. The van der Waals surface area contributed by atoms with Crippen molar-refractivity contribution in [3.05, 3.63) is 0 Å². The Hall–Kier alpha value is -1.26. The first-order chi connectivity index (χ1) is 8.65. The lowest BCUT2D eigenvalue weighted by molar-refractivity contribution is -0.138. The summed E-state index contributed by atoms with van der Waals surface area (Å²) in [5.74, 6) is 0.174. The van der Waals surface area contributed by atoms with Crippen LogP contribution in [0.4, 0.5) is 4.79 Å². The highest BCUT2D eigenvalue weighted by Gasteiger charge is 2.26. The van der Waals surface area contributed by atoms with E-state index in [4.69, 9.17) is 5.11 Å². The molecular weight excluding hydrogens is 232 g/mol. The summed E-state index contributed by atoms with van der Waals surface area (Å²) in [4.78, 5) is 24.3. The monoisotopic (exact) mass is 254 g/mol. The van der Waals surface area contributed by atoms with Gasteiger partial charge in [-0.25, -0.2) is 4.79 Å². The number of rotatable bonds is 5. The molecule has 1 saturated heterocycles. The van der Waals surface area contributed by atoms with Crippen LogP contribution in [0.15, 0.2) is 0 Å². The van der Waals surface area contributed by atoms with Gasteiger partial charge in [0.05, 0.1) is 0 Å². The van der Waals surface area contributed by atoms with Gasteiger partial charge in [-0.2, -0.15) is 0 Å². The first kappa shape index (κ1) is 13.2. The molecule has 0 aromatic heterocycles. The van der Waals surface area contributed by atoms with Crippen LogP contribution in [0, 0.1) is 11.8 Å². The van der Waals surface area contributed by atoms with Crippen LogP contribution in [0.5, 0.6) is 0 Å². The summed E-state index contributed by atoms with van der Waals surface area (Å²) >= 11 is 0. The van der Waals surface area contributed by atoms with E-state index in [1.54, 1.807) is 4.90 Å². The number of aliphatic carboxylic acids is 1. The summed E-state index contributed by atoms with van der Waals surface area (Å²) in [6.45, 7) is 2.09. The molecular formula is C13H22N2O3. The molecule has 18 heavy (non-hydrogen) atoms. The van der Waals surface area contributed by atoms with Gasteiger partial charge in [0.2, 0.25) is 0 Å². The molecule has 1 atom stereocenters. The minimum Gasteiger partial charge on any atom is -0.481 e. The van der Waals surface area contributed by atoms with Crippen LogP contribution in [0.25, 0.3) is 0 Å². The van der Waals surface area contributed by atoms with E-state index in [1.165, 1.54) is 12.8 Å². The summed E-state index contributed by atoms with van der Waals surface area (Å²) in [5, 5.41) is 11.7. The third-order valence-corrected chi connectivity index (χ3v) is 3.80. The van der Waals surface area contributed by atoms with Crippen molar-refractivity contribution in [3.8, 4) is 0 Å². The van der Waals surface area contributed by atoms with Gasteiger partial charge in [0.25, 0.3) is 0 Å². The molecule has 102 valence electrons. The second-order valence-corrected chi connectivity index (χ2v) is 5.52. The number of carbonyl (C=O) groups excluding carboxylic acids is 1. The first-order valence-electron chi connectivity index (χ1n) is 6.89. The molecule has 2 amide bonds. The van der Waals surface area contributed by atoms with E-state index >= 15 is 0 Å². The van der Waals surface area contributed by atoms with Crippen molar-refractivity contribution in [2.75, 3.05) is 19.6 Å². The largest absolute Gasteiger partial charge is 0.481 e. The lowest BCUT2D eigenvalue weighted by Gasteiger charge is -2.32. The van der Waals surface area contributed by atoms with E-state index in [0.717, 1.165) is 38.3 Å². The Morgan fingerprint density at radius 1 is 1.22 bits per heavy atom. The molecule has 2 N–H and O–H groups in total. The SMILES string of the molecule is O=C(O)CC1CCCN(C(=O)NCCC2CC2)C1. The Kier molecular flexibility index (Phi) is 4.44. The number of hydrogen-bond acceptors (Lipinski definition) is 2. The number of piperidine rings is 1. The van der Waals surface area contributed by atoms with Gasteiger partial charge >= 0.3 is 12.0 Å². The summed E-state index contributed by atoms with van der Waals surface area (Å²) < 4.78 is 0. The van der Waals surface area contributed by atoms with Crippen molar-refractivity contribution >= 4 is 12.0 Å². The second-order valence-electron chi connectivity index (χ2n) is 5.52. The molecule has 1 heterocycles. The number of urea groups is 1. The lowest BCUT2D eigenvalue weighted by atomic mass is 9.95. The minimum atomic E-state index is -0.768. The highest BCUT2D eigenvalue weighted by atomic mass is 16.4. The molecule has 1 aliphatic heterocycles. The Balaban J connectivity index is 1.69. The number of amides is 2. The highest BCUT2D eigenvalue weighted by Crippen LogP contribution is 2.31. The van der Waals surface area contributed by atoms with Gasteiger partial charge < -0.3 is 15.3 Å². The number of carboxylic acids is 1. The van der Waals surface area contributed by atoms with Gasteiger partial charge in [0, 0.05) is 26.1 Å². The molecule has 0 aromatic carbocycles. The van der Waals surface area contributed by atoms with E-state index < -0.39 is 5.97 Å². The smallest absolute Gasteiger partial charge is 0.317 e. The van der Waals surface area contributed by atoms with Crippen LogP contribution >= 0.6 is 0 Å². The predicted molar refractivity (Wildman–Crippen MR) is 67.3 cm³/mol. The Morgan fingerprint density at radius 2 is 2.00 bits per heavy atom. The maximum absolute atomic E-state index is 11.9. The topological polar surface area (TPSA) is 69.6 Å². The highest BCUT2D eigenvalue weighted by molar-refractivity contribution is 5.74. The van der Waals surface area contributed by atoms with Gasteiger partial charge in [0.15, 0.2) is 0 Å². The Bertz CT molecular complexity index is 315. The molecule has 5 heteroatoms. The van der Waals surface area contributed by atoms with Crippen molar-refractivity contribution in [1.29, 1.82) is 0 Å². The molecule has 1 aliphatic carbocycles. The summed E-state index contributed by atoms with van der Waals surface area (Å²) in [6.07, 6.45) is 5.69. The quantitative estimate of drug-likeness (QED) is 0.784. The van der Waals surface area contributed by atoms with Crippen molar-refractivity contribution in [2.45, 2.75) is 38.5 Å². The number of nitrogens with one attached hydrogen (secondary N) is 1. The number of nitrogens with zero attached hydrogens (tertiary/aromatic N) is 1. The molecule has 0 aromatic rings. The fourth-order valence-corrected chi connectivity index (χ4v) is 2.56. The lowest BCUT2D eigenvalue weighted by Crippen LogP contribution is -2.46. The zero-order chi connectivity index (χ0) is 13.0. The summed E-state index contributed by atoms with van der Waals surface area (Å²) in [7, 11) is 0. The van der Waals surface area contributed by atoms with E-state index in [-0.39, 0.29) is 18.4 Å². The molecule has 2 rings (SSSR count). The Labute approximate surface area is 108 Å². The fraction of sp³-hybridized carbons (Fsp3) is 0.846. The maximum Gasteiger partial charge on any atom is 0.317 e. The van der Waals surface area contributed by atoms with E-state index in [1.807, 2.05) is 0 Å². The van der Waals surface area contributed by atoms with Gasteiger partial charge in [-0.1, -0.05) is 12.8 Å². The maximum atomic E-state index is 11.9. The summed E-state index contributed by atoms with van der Waals surface area (Å²) in [6, 6.07) is -0.0225. The summed E-state index contributed by atoms with van der Waals surface area (Å²) in [5.41, 5.74) is 0. The molecule has 0 bridgehead atoms. The van der Waals surface area contributed by atoms with Gasteiger partial charge in [-0.3, -0.25) is 4.79 Å². The zero-order valence-electron chi connectivity index (χ0n) is 10.7. The van der Waals surface area contributed by atoms with Crippen LogP contribution in [0.3, 0.4) is 0 Å². The predicted octanol–water partition coefficient (Wildman–Crippen LogP) is 1.68. The van der Waals surface area contributed by atoms with Gasteiger partial charge in [0.1, 0.15) is 0 Å². The second kappa shape index (κ2) is 6.07. The molecule has 2 aliphatic rings. The van der Waals surface area contributed by atoms with Crippen molar-refractivity contribution < 1.29 is 14.7 Å². The molecule has 1 unspecified atom stereocenters. The average molecular weight is 254 g/mol. The van der Waals surface area contributed by atoms with Gasteiger partial charge in [-0.05, 0) is 31.1 Å². The third kappa shape index (κ3) is 4.20. The number of carboxylic acid groups (broad SMARTS) is 1. The molecule has 5 nitrogen and oxygen atoms in total. The van der Waals surface area contributed by atoms with Crippen molar-refractivity contribution in [1.82, 2.24) is 10.2 Å². The third-order valence-electron chi connectivity index (χ3n) is 3.80. The fourth-order valence-electron chi connectivity index (χ4n) is 2.56. The molecule has 1 saturated carbocycles. The van der Waals surface area contributed by atoms with Crippen LogP contribution in [0.2, 0.25) is 0 Å².